The van der Waals surface area contributed by atoms with Gasteiger partial charge in [0.25, 0.3) is 0 Å². The molecule has 0 aromatic heterocycles. The largest absolute Gasteiger partial charge is 0.377 e. The van der Waals surface area contributed by atoms with Crippen LogP contribution in [0.3, 0.4) is 0 Å². The summed E-state index contributed by atoms with van der Waals surface area (Å²) in [5, 5.41) is 0. The molecular weight excluding hydrogens is 384 g/mol. The molecule has 0 spiro atoms. The Morgan fingerprint density at radius 1 is 1.10 bits per heavy atom. The predicted molar refractivity (Wildman–Crippen MR) is 120 cm³/mol. The number of methoxy groups -OCH3 is 1. The van der Waals surface area contributed by atoms with Crippen molar-refractivity contribution in [2.75, 3.05) is 7.11 Å². The molecule has 3 fully saturated rings. The summed E-state index contributed by atoms with van der Waals surface area (Å²) in [7, 11) is 1.92. The molecule has 0 amide bonds. The molecule has 0 aliphatic heterocycles. The Labute approximate surface area is 184 Å². The molecule has 0 bridgehead atoms. The second kappa shape index (κ2) is 6.51. The van der Waals surface area contributed by atoms with E-state index < -0.39 is 0 Å². The summed E-state index contributed by atoms with van der Waals surface area (Å²) in [4.78, 5) is 24.0. The van der Waals surface area contributed by atoms with Crippen molar-refractivity contribution >= 4 is 11.6 Å². The van der Waals surface area contributed by atoms with Crippen molar-refractivity contribution in [2.45, 2.75) is 70.3 Å². The second-order valence-corrected chi connectivity index (χ2v) is 10.9. The molecule has 0 heterocycles. The molecule has 3 saturated carbocycles. The summed E-state index contributed by atoms with van der Waals surface area (Å²) in [6.45, 7) is 4.13. The monoisotopic (exact) mass is 416 g/mol. The van der Waals surface area contributed by atoms with Crippen LogP contribution in [0, 0.1) is 23.2 Å². The maximum Gasteiger partial charge on any atom is 0.159 e. The zero-order valence-corrected chi connectivity index (χ0v) is 18.9. The number of Topliss-reactive ketones (excluding diaryl/α,β-unsaturated/α-hetero) is 1. The Morgan fingerprint density at radius 3 is 2.58 bits per heavy atom. The van der Waals surface area contributed by atoms with Gasteiger partial charge in [-0.3, -0.25) is 9.59 Å². The van der Waals surface area contributed by atoms with Gasteiger partial charge in [0, 0.05) is 30.4 Å². The third-order valence-electron chi connectivity index (χ3n) is 9.76. The molecule has 1 aromatic carbocycles. The van der Waals surface area contributed by atoms with Gasteiger partial charge in [0.05, 0.1) is 5.60 Å². The molecule has 162 valence electrons. The van der Waals surface area contributed by atoms with E-state index in [0.717, 1.165) is 31.2 Å². The van der Waals surface area contributed by atoms with Gasteiger partial charge in [-0.05, 0) is 86.0 Å². The van der Waals surface area contributed by atoms with Gasteiger partial charge in [-0.15, -0.1) is 0 Å². The van der Waals surface area contributed by atoms with Crippen molar-refractivity contribution in [1.82, 2.24) is 0 Å². The fourth-order valence-electron chi connectivity index (χ4n) is 8.25. The van der Waals surface area contributed by atoms with E-state index >= 15 is 0 Å². The van der Waals surface area contributed by atoms with Gasteiger partial charge in [0.1, 0.15) is 0 Å². The standard InChI is InChI=1S/C28H32O3/c1-16(29)17-4-6-18(7-5-17)24-15-27(2)25(13-20-14-28(20,27)31-3)23-10-8-19-12-21(30)9-11-22(19)26(23)24/h4-7,12,20,23-25H,8-11,13-15H2,1-3H3/t20-,23-,24+,25-,27-,28-/m0/s1. The van der Waals surface area contributed by atoms with E-state index in [9.17, 15) is 9.59 Å². The van der Waals surface area contributed by atoms with Crippen LogP contribution in [0.5, 0.6) is 0 Å². The lowest BCUT2D eigenvalue weighted by atomic mass is 9.51. The average Bonchev–Trinajstić information content (AvgIpc) is 3.44. The highest BCUT2D eigenvalue weighted by Crippen LogP contribution is 2.77. The van der Waals surface area contributed by atoms with Crippen LogP contribution in [0.2, 0.25) is 0 Å². The third kappa shape index (κ3) is 2.56. The molecule has 6 atom stereocenters. The first kappa shape index (κ1) is 19.7. The predicted octanol–water partition coefficient (Wildman–Crippen LogP) is 5.80. The minimum Gasteiger partial charge on any atom is -0.377 e. The average molecular weight is 417 g/mol. The first-order valence-electron chi connectivity index (χ1n) is 12.0. The zero-order chi connectivity index (χ0) is 21.5. The van der Waals surface area contributed by atoms with E-state index in [1.54, 1.807) is 12.5 Å². The molecular formula is C28H32O3. The van der Waals surface area contributed by atoms with Gasteiger partial charge < -0.3 is 4.74 Å². The fourth-order valence-corrected chi connectivity index (χ4v) is 8.25. The van der Waals surface area contributed by atoms with E-state index in [4.69, 9.17) is 4.74 Å². The van der Waals surface area contributed by atoms with Crippen LogP contribution < -0.4 is 0 Å². The molecule has 0 saturated heterocycles. The van der Waals surface area contributed by atoms with Crippen molar-refractivity contribution in [3.63, 3.8) is 0 Å². The molecule has 0 unspecified atom stereocenters. The van der Waals surface area contributed by atoms with E-state index in [-0.39, 0.29) is 16.8 Å². The van der Waals surface area contributed by atoms with Crippen molar-refractivity contribution in [2.24, 2.45) is 23.2 Å². The van der Waals surface area contributed by atoms with Crippen LogP contribution in [0.1, 0.15) is 80.6 Å². The molecule has 31 heavy (non-hydrogen) atoms. The Balaban J connectivity index is 1.51. The molecule has 3 heteroatoms. The number of fused-ring (bicyclic) bond motifs is 6. The number of rotatable bonds is 3. The summed E-state index contributed by atoms with van der Waals surface area (Å²) in [6.07, 6.45) is 9.31. The SMILES string of the molecule is CO[C@@]12C[C@@H]1C[C@H]1[C@@H]3CCC4=CC(=O)CCC4=C3[C@@H](c3ccc(C(C)=O)cc3)C[C@@]12C. The van der Waals surface area contributed by atoms with E-state index in [0.29, 0.717) is 35.9 Å². The topological polar surface area (TPSA) is 43.4 Å². The molecule has 5 aliphatic rings. The van der Waals surface area contributed by atoms with Crippen LogP contribution >= 0.6 is 0 Å². The highest BCUT2D eigenvalue weighted by molar-refractivity contribution is 5.94. The zero-order valence-electron chi connectivity index (χ0n) is 18.9. The van der Waals surface area contributed by atoms with Gasteiger partial charge in [-0.25, -0.2) is 0 Å². The van der Waals surface area contributed by atoms with E-state index in [2.05, 4.69) is 19.1 Å². The summed E-state index contributed by atoms with van der Waals surface area (Å²) < 4.78 is 6.26. The summed E-state index contributed by atoms with van der Waals surface area (Å²) in [6, 6.07) is 8.36. The van der Waals surface area contributed by atoms with Crippen molar-refractivity contribution in [1.29, 1.82) is 0 Å². The van der Waals surface area contributed by atoms with Gasteiger partial charge in [-0.2, -0.15) is 0 Å². The number of carbonyl (C=O) groups excluding carboxylic acids is 2. The van der Waals surface area contributed by atoms with Gasteiger partial charge in [-0.1, -0.05) is 36.8 Å². The Morgan fingerprint density at radius 2 is 1.87 bits per heavy atom. The lowest BCUT2D eigenvalue weighted by molar-refractivity contribution is -0.114. The Kier molecular flexibility index (Phi) is 4.13. The summed E-state index contributed by atoms with van der Waals surface area (Å²) in [5.74, 6) is 2.75. The van der Waals surface area contributed by atoms with Crippen LogP contribution in [0.25, 0.3) is 0 Å². The van der Waals surface area contributed by atoms with Crippen molar-refractivity contribution in [3.05, 3.63) is 58.2 Å². The van der Waals surface area contributed by atoms with Crippen LogP contribution in [-0.2, 0) is 9.53 Å². The maximum absolute atomic E-state index is 12.1. The highest BCUT2D eigenvalue weighted by Gasteiger charge is 2.75. The van der Waals surface area contributed by atoms with Crippen molar-refractivity contribution < 1.29 is 14.3 Å². The van der Waals surface area contributed by atoms with Crippen LogP contribution in [0.4, 0.5) is 0 Å². The number of allylic oxidation sites excluding steroid dienone is 4. The van der Waals surface area contributed by atoms with Crippen molar-refractivity contribution in [3.8, 4) is 0 Å². The minimum atomic E-state index is 0.0596. The number of benzene rings is 1. The number of carbonyl (C=O) groups is 2. The summed E-state index contributed by atoms with van der Waals surface area (Å²) in [5.41, 5.74) is 6.77. The summed E-state index contributed by atoms with van der Waals surface area (Å²) >= 11 is 0. The fraction of sp³-hybridized carbons (Fsp3) is 0.571. The molecule has 3 nitrogen and oxygen atoms in total. The first-order chi connectivity index (χ1) is 14.9. The lowest BCUT2D eigenvalue weighted by Gasteiger charge is -2.54. The molecule has 1 aromatic rings. The lowest BCUT2D eigenvalue weighted by Crippen LogP contribution is -2.48. The third-order valence-corrected chi connectivity index (χ3v) is 9.76. The molecule has 5 aliphatic carbocycles. The van der Waals surface area contributed by atoms with Gasteiger partial charge in [0.2, 0.25) is 0 Å². The second-order valence-electron chi connectivity index (χ2n) is 10.9. The Bertz CT molecular complexity index is 1040. The van der Waals surface area contributed by atoms with Gasteiger partial charge >= 0.3 is 0 Å². The quantitative estimate of drug-likeness (QED) is 0.585. The number of ketones is 2. The minimum absolute atomic E-state index is 0.0596. The Hall–Kier alpha value is -2.00. The molecule has 6 rings (SSSR count). The van der Waals surface area contributed by atoms with E-state index in [1.165, 1.54) is 29.6 Å². The van der Waals surface area contributed by atoms with Crippen LogP contribution in [-0.4, -0.2) is 24.3 Å². The maximum atomic E-state index is 12.1. The molecule has 0 radical (unpaired) electrons. The normalized spacial score (nSPS) is 40.5. The van der Waals surface area contributed by atoms with Gasteiger partial charge in [0.15, 0.2) is 11.6 Å². The number of hydrogen-bond acceptors (Lipinski definition) is 3. The number of ether oxygens (including phenoxy) is 1. The van der Waals surface area contributed by atoms with E-state index in [1.807, 2.05) is 25.3 Å². The first-order valence-corrected chi connectivity index (χ1v) is 12.0. The molecule has 0 N–H and O–H groups in total. The van der Waals surface area contributed by atoms with Crippen LogP contribution in [0.15, 0.2) is 47.1 Å². The number of hydrogen-bond donors (Lipinski definition) is 0. The smallest absolute Gasteiger partial charge is 0.159 e. The highest BCUT2D eigenvalue weighted by atomic mass is 16.5.